The van der Waals surface area contributed by atoms with Crippen LogP contribution in [0.2, 0.25) is 0 Å². The number of hydrogen-bond acceptors (Lipinski definition) is 2. The highest BCUT2D eigenvalue weighted by atomic mass is 16.1. The van der Waals surface area contributed by atoms with Gasteiger partial charge in [-0.3, -0.25) is 9.59 Å². The molecule has 3 aliphatic carbocycles. The summed E-state index contributed by atoms with van der Waals surface area (Å²) in [4.78, 5) is 24.0. The van der Waals surface area contributed by atoms with Gasteiger partial charge in [-0.1, -0.05) is 0 Å². The summed E-state index contributed by atoms with van der Waals surface area (Å²) < 4.78 is 0. The fourth-order valence-corrected chi connectivity index (χ4v) is 4.13. The van der Waals surface area contributed by atoms with E-state index in [0.29, 0.717) is 11.6 Å². The molecule has 0 saturated heterocycles. The molecule has 0 heterocycles. The molecule has 3 fully saturated rings. The third kappa shape index (κ3) is 0.709. The summed E-state index contributed by atoms with van der Waals surface area (Å²) in [5.74, 6) is 0.811. The summed E-state index contributed by atoms with van der Waals surface area (Å²) in [5, 5.41) is 0. The van der Waals surface area contributed by atoms with Crippen molar-refractivity contribution >= 4 is 11.6 Å². The van der Waals surface area contributed by atoms with Gasteiger partial charge in [0, 0.05) is 23.7 Å². The average Bonchev–Trinajstić information content (AvgIpc) is 2.13. The molecule has 76 valence electrons. The van der Waals surface area contributed by atoms with Gasteiger partial charge in [-0.25, -0.2) is 0 Å². The minimum absolute atomic E-state index is 0.166. The number of Topliss-reactive ketones (excluding diaryl/α,β-unsaturated/α-hetero) is 2. The lowest BCUT2D eigenvalue weighted by atomic mass is 9.39. The quantitative estimate of drug-likeness (QED) is 0.590. The maximum absolute atomic E-state index is 12.0. The molecule has 3 rings (SSSR count). The van der Waals surface area contributed by atoms with Crippen LogP contribution in [0, 0.1) is 10.8 Å². The molecule has 2 atom stereocenters. The fourth-order valence-electron chi connectivity index (χ4n) is 4.13. The van der Waals surface area contributed by atoms with Crippen molar-refractivity contribution in [3.05, 3.63) is 0 Å². The monoisotopic (exact) mass is 192 g/mol. The Morgan fingerprint density at radius 1 is 0.714 bits per heavy atom. The molecule has 0 aliphatic heterocycles. The second-order valence-corrected chi connectivity index (χ2v) is 5.22. The fraction of sp³-hybridized carbons (Fsp3) is 0.833. The van der Waals surface area contributed by atoms with Crippen molar-refractivity contribution in [2.24, 2.45) is 10.8 Å². The molecule has 0 spiro atoms. The van der Waals surface area contributed by atoms with E-state index < -0.39 is 0 Å². The molecule has 0 bridgehead atoms. The highest BCUT2D eigenvalue weighted by Crippen LogP contribution is 2.67. The molecule has 2 nitrogen and oxygen atoms in total. The lowest BCUT2D eigenvalue weighted by molar-refractivity contribution is -0.181. The van der Waals surface area contributed by atoms with Gasteiger partial charge >= 0.3 is 0 Å². The lowest BCUT2D eigenvalue weighted by Crippen LogP contribution is -2.63. The lowest BCUT2D eigenvalue weighted by Gasteiger charge is -2.62. The van der Waals surface area contributed by atoms with Gasteiger partial charge in [0.05, 0.1) is 0 Å². The van der Waals surface area contributed by atoms with Gasteiger partial charge < -0.3 is 0 Å². The molecule has 0 amide bonds. The molecule has 2 heteroatoms. The molecule has 0 aromatic carbocycles. The second-order valence-electron chi connectivity index (χ2n) is 5.22. The Hall–Kier alpha value is -0.660. The van der Waals surface area contributed by atoms with Crippen LogP contribution in [0.3, 0.4) is 0 Å². The summed E-state index contributed by atoms with van der Waals surface area (Å²) in [6, 6.07) is 0. The van der Waals surface area contributed by atoms with Crippen molar-refractivity contribution < 1.29 is 9.59 Å². The predicted octanol–water partition coefficient (Wildman–Crippen LogP) is 2.26. The number of hydrogen-bond donors (Lipinski definition) is 0. The van der Waals surface area contributed by atoms with E-state index in [2.05, 4.69) is 0 Å². The minimum Gasteiger partial charge on any atom is -0.299 e. The number of carbonyl (C=O) groups excluding carboxylic acids is 2. The summed E-state index contributed by atoms with van der Waals surface area (Å²) in [5.41, 5.74) is -0.332. The number of carbonyl (C=O) groups is 2. The minimum atomic E-state index is -0.166. The zero-order chi connectivity index (χ0) is 9.81. The molecular weight excluding hydrogens is 176 g/mol. The Kier molecular flexibility index (Phi) is 1.52. The number of ketones is 2. The second kappa shape index (κ2) is 2.47. The number of rotatable bonds is 0. The van der Waals surface area contributed by atoms with E-state index in [1.54, 1.807) is 0 Å². The average molecular weight is 192 g/mol. The summed E-state index contributed by atoms with van der Waals surface area (Å²) >= 11 is 0. The van der Waals surface area contributed by atoms with E-state index in [9.17, 15) is 9.59 Å². The Balaban J connectivity index is 2.07. The normalized spacial score (nSPS) is 46.6. The van der Waals surface area contributed by atoms with E-state index in [1.165, 1.54) is 0 Å². The zero-order valence-electron chi connectivity index (χ0n) is 8.47. The zero-order valence-corrected chi connectivity index (χ0v) is 8.47. The predicted molar refractivity (Wildman–Crippen MR) is 51.8 cm³/mol. The first-order chi connectivity index (χ1) is 6.71. The molecule has 14 heavy (non-hydrogen) atoms. The van der Waals surface area contributed by atoms with Crippen molar-refractivity contribution in [3.63, 3.8) is 0 Å². The Morgan fingerprint density at radius 2 is 1.14 bits per heavy atom. The molecule has 2 unspecified atom stereocenters. The highest BCUT2D eigenvalue weighted by molar-refractivity contribution is 5.99. The van der Waals surface area contributed by atoms with Crippen molar-refractivity contribution in [1.82, 2.24) is 0 Å². The van der Waals surface area contributed by atoms with Gasteiger partial charge in [-0.05, 0) is 38.5 Å². The molecule has 0 N–H and O–H groups in total. The van der Waals surface area contributed by atoms with Crippen molar-refractivity contribution in [2.45, 2.75) is 51.4 Å². The Bertz CT molecular complexity index is 288. The van der Waals surface area contributed by atoms with Gasteiger partial charge in [0.15, 0.2) is 0 Å². The van der Waals surface area contributed by atoms with Crippen molar-refractivity contribution in [1.29, 1.82) is 0 Å². The third-order valence-corrected chi connectivity index (χ3v) is 4.98. The molecular formula is C12H16O2. The first-order valence-electron chi connectivity index (χ1n) is 5.78. The van der Waals surface area contributed by atoms with E-state index in [4.69, 9.17) is 0 Å². The van der Waals surface area contributed by atoms with E-state index in [1.807, 2.05) is 0 Å². The van der Waals surface area contributed by atoms with Crippen LogP contribution in [0.5, 0.6) is 0 Å². The van der Waals surface area contributed by atoms with Crippen LogP contribution in [-0.2, 0) is 9.59 Å². The van der Waals surface area contributed by atoms with Gasteiger partial charge in [0.2, 0.25) is 0 Å². The van der Waals surface area contributed by atoms with Gasteiger partial charge in [0.1, 0.15) is 11.6 Å². The van der Waals surface area contributed by atoms with Crippen LogP contribution in [0.25, 0.3) is 0 Å². The van der Waals surface area contributed by atoms with Crippen LogP contribution in [-0.4, -0.2) is 11.6 Å². The molecule has 3 saturated carbocycles. The highest BCUT2D eigenvalue weighted by Gasteiger charge is 2.67. The first-order valence-corrected chi connectivity index (χ1v) is 5.78. The molecule has 0 aromatic heterocycles. The van der Waals surface area contributed by atoms with Crippen LogP contribution in [0.4, 0.5) is 0 Å². The Morgan fingerprint density at radius 3 is 1.50 bits per heavy atom. The van der Waals surface area contributed by atoms with E-state index >= 15 is 0 Å². The van der Waals surface area contributed by atoms with Crippen molar-refractivity contribution in [2.75, 3.05) is 0 Å². The van der Waals surface area contributed by atoms with Crippen LogP contribution < -0.4 is 0 Å². The smallest absolute Gasteiger partial charge is 0.140 e. The van der Waals surface area contributed by atoms with Gasteiger partial charge in [-0.15, -0.1) is 0 Å². The van der Waals surface area contributed by atoms with E-state index in [-0.39, 0.29) is 10.8 Å². The molecule has 0 aromatic rings. The van der Waals surface area contributed by atoms with E-state index in [0.717, 1.165) is 51.4 Å². The SMILES string of the molecule is O=C1CCCC23CCC12CCCC3=O. The van der Waals surface area contributed by atoms with Crippen LogP contribution in [0.1, 0.15) is 51.4 Å². The molecule has 0 radical (unpaired) electrons. The summed E-state index contributed by atoms with van der Waals surface area (Å²) in [6.07, 6.45) is 7.35. The van der Waals surface area contributed by atoms with Crippen LogP contribution >= 0.6 is 0 Å². The maximum Gasteiger partial charge on any atom is 0.140 e. The standard InChI is InChI=1S/C12H16O2/c13-9-3-1-5-11-7-8-12(9,11)6-2-4-10(11)14/h1-8H2. The topological polar surface area (TPSA) is 34.1 Å². The third-order valence-electron chi connectivity index (χ3n) is 4.98. The van der Waals surface area contributed by atoms with Crippen molar-refractivity contribution in [3.8, 4) is 0 Å². The molecule has 3 aliphatic rings. The van der Waals surface area contributed by atoms with Gasteiger partial charge in [-0.2, -0.15) is 0 Å². The first kappa shape index (κ1) is 8.63. The van der Waals surface area contributed by atoms with Gasteiger partial charge in [0.25, 0.3) is 0 Å². The van der Waals surface area contributed by atoms with Crippen LogP contribution in [0.15, 0.2) is 0 Å². The summed E-state index contributed by atoms with van der Waals surface area (Å²) in [6.45, 7) is 0. The maximum atomic E-state index is 12.0. The Labute approximate surface area is 84.1 Å². The largest absolute Gasteiger partial charge is 0.299 e. The summed E-state index contributed by atoms with van der Waals surface area (Å²) in [7, 11) is 0.